The van der Waals surface area contributed by atoms with Gasteiger partial charge in [-0.3, -0.25) is 9.59 Å². The number of unbranched alkanes of at least 4 members (excludes halogenated alkanes) is 9. The summed E-state index contributed by atoms with van der Waals surface area (Å²) in [4.78, 5) is 21.6. The molecule has 0 spiro atoms. The zero-order valence-electron chi connectivity index (χ0n) is 19.4. The van der Waals surface area contributed by atoms with Gasteiger partial charge in [0.2, 0.25) is 0 Å². The summed E-state index contributed by atoms with van der Waals surface area (Å²) in [5.41, 5.74) is 2.37. The molecule has 0 saturated heterocycles. The Morgan fingerprint density at radius 2 is 1.32 bits per heavy atom. The van der Waals surface area contributed by atoms with Gasteiger partial charge in [-0.2, -0.15) is 0 Å². The molecular weight excluding hydrogens is 392 g/mol. The number of hydrogen-bond donors (Lipinski definition) is 2. The largest absolute Gasteiger partial charge is 0.493 e. The first-order valence-electron chi connectivity index (χ1n) is 12.2. The third-order valence-electron chi connectivity index (χ3n) is 5.64. The normalized spacial score (nSPS) is 10.9. The monoisotopic (exact) mass is 434 g/mol. The van der Waals surface area contributed by atoms with Crippen molar-refractivity contribution in [3.05, 3.63) is 29.3 Å². The number of benzene rings is 1. The smallest absolute Gasteiger partial charge is 0.303 e. The van der Waals surface area contributed by atoms with Crippen LogP contribution in [0.2, 0.25) is 0 Å². The van der Waals surface area contributed by atoms with E-state index in [-0.39, 0.29) is 12.8 Å². The van der Waals surface area contributed by atoms with Gasteiger partial charge in [0.25, 0.3) is 0 Å². The predicted molar refractivity (Wildman–Crippen MR) is 125 cm³/mol. The number of carbonyl (C=O) groups is 2. The maximum absolute atomic E-state index is 10.8. The number of carboxylic acids is 2. The summed E-state index contributed by atoms with van der Waals surface area (Å²) in [5.74, 6) is -0.599. The van der Waals surface area contributed by atoms with Crippen molar-refractivity contribution in [1.82, 2.24) is 0 Å². The first-order valence-corrected chi connectivity index (χ1v) is 12.2. The molecule has 1 aromatic carbocycles. The minimum absolute atomic E-state index is 0.190. The first-order chi connectivity index (χ1) is 15.0. The molecule has 5 heteroatoms. The summed E-state index contributed by atoms with van der Waals surface area (Å²) in [6.07, 6.45) is 15.1. The molecule has 0 bridgehead atoms. The number of hydrogen-bond acceptors (Lipinski definition) is 3. The molecule has 0 radical (unpaired) electrons. The predicted octanol–water partition coefficient (Wildman–Crippen LogP) is 6.80. The summed E-state index contributed by atoms with van der Waals surface area (Å²) in [5, 5.41) is 17.7. The summed E-state index contributed by atoms with van der Waals surface area (Å²) >= 11 is 0. The molecular formula is C26H42O5. The van der Waals surface area contributed by atoms with Gasteiger partial charge in [-0.05, 0) is 62.1 Å². The number of ether oxygens (including phenoxy) is 1. The van der Waals surface area contributed by atoms with Crippen LogP contribution in [-0.2, 0) is 22.4 Å². The van der Waals surface area contributed by atoms with Crippen LogP contribution in [-0.4, -0.2) is 28.8 Å². The van der Waals surface area contributed by atoms with Gasteiger partial charge in [0.1, 0.15) is 5.75 Å². The van der Waals surface area contributed by atoms with Crippen LogP contribution < -0.4 is 4.74 Å². The van der Waals surface area contributed by atoms with Crippen molar-refractivity contribution < 1.29 is 24.5 Å². The summed E-state index contributed by atoms with van der Waals surface area (Å²) in [6.45, 7) is 2.95. The molecule has 0 aliphatic heterocycles. The van der Waals surface area contributed by atoms with Crippen molar-refractivity contribution in [2.75, 3.05) is 6.61 Å². The third-order valence-corrected chi connectivity index (χ3v) is 5.64. The lowest BCUT2D eigenvalue weighted by Gasteiger charge is -2.16. The summed E-state index contributed by atoms with van der Waals surface area (Å²) < 4.78 is 6.14. The SMILES string of the molecule is CCCCCCCCCCOc1cccc(CCCCC(=O)O)c1CCCCC(=O)O. The van der Waals surface area contributed by atoms with Gasteiger partial charge < -0.3 is 14.9 Å². The van der Waals surface area contributed by atoms with E-state index in [0.29, 0.717) is 19.4 Å². The average molecular weight is 435 g/mol. The quantitative estimate of drug-likeness (QED) is 0.220. The minimum Gasteiger partial charge on any atom is -0.493 e. The second-order valence-corrected chi connectivity index (χ2v) is 8.42. The molecule has 0 aromatic heterocycles. The highest BCUT2D eigenvalue weighted by Crippen LogP contribution is 2.27. The van der Waals surface area contributed by atoms with Crippen molar-refractivity contribution in [3.63, 3.8) is 0 Å². The Balaban J connectivity index is 2.53. The van der Waals surface area contributed by atoms with E-state index < -0.39 is 11.9 Å². The van der Waals surface area contributed by atoms with E-state index in [4.69, 9.17) is 14.9 Å². The van der Waals surface area contributed by atoms with E-state index in [1.165, 1.54) is 56.1 Å². The molecule has 0 aliphatic carbocycles. The van der Waals surface area contributed by atoms with Crippen LogP contribution in [0, 0.1) is 0 Å². The van der Waals surface area contributed by atoms with Crippen molar-refractivity contribution >= 4 is 11.9 Å². The van der Waals surface area contributed by atoms with Gasteiger partial charge in [0.15, 0.2) is 0 Å². The van der Waals surface area contributed by atoms with Crippen LogP contribution in [0.15, 0.2) is 18.2 Å². The zero-order valence-corrected chi connectivity index (χ0v) is 19.4. The van der Waals surface area contributed by atoms with E-state index in [2.05, 4.69) is 13.0 Å². The molecule has 0 heterocycles. The van der Waals surface area contributed by atoms with Crippen LogP contribution in [0.1, 0.15) is 108 Å². The Bertz CT molecular complexity index is 626. The number of aliphatic carboxylic acids is 2. The van der Waals surface area contributed by atoms with Crippen molar-refractivity contribution in [3.8, 4) is 5.75 Å². The highest BCUT2D eigenvalue weighted by atomic mass is 16.5. The van der Waals surface area contributed by atoms with Crippen LogP contribution in [0.4, 0.5) is 0 Å². The Labute approximate surface area is 188 Å². The van der Waals surface area contributed by atoms with Gasteiger partial charge in [-0.15, -0.1) is 0 Å². The fourth-order valence-corrected chi connectivity index (χ4v) is 3.85. The molecule has 0 saturated carbocycles. The maximum Gasteiger partial charge on any atom is 0.303 e. The fourth-order valence-electron chi connectivity index (χ4n) is 3.85. The molecule has 1 aromatic rings. The zero-order chi connectivity index (χ0) is 22.7. The highest BCUT2D eigenvalue weighted by Gasteiger charge is 2.11. The molecule has 0 fully saturated rings. The second kappa shape index (κ2) is 17.6. The molecule has 0 unspecified atom stereocenters. The third kappa shape index (κ3) is 13.8. The topological polar surface area (TPSA) is 83.8 Å². The van der Waals surface area contributed by atoms with Crippen LogP contribution in [0.25, 0.3) is 0 Å². The second-order valence-electron chi connectivity index (χ2n) is 8.42. The van der Waals surface area contributed by atoms with Crippen molar-refractivity contribution in [1.29, 1.82) is 0 Å². The van der Waals surface area contributed by atoms with Crippen LogP contribution in [0.3, 0.4) is 0 Å². The standard InChI is InChI=1S/C26H42O5/c1-2-3-4-5-6-7-8-13-21-31-24-18-14-16-22(15-9-11-19-25(27)28)23(24)17-10-12-20-26(29)30/h14,16,18H,2-13,15,17,19-21H2,1H3,(H,27,28)(H,29,30). The fraction of sp³-hybridized carbons (Fsp3) is 0.692. The van der Waals surface area contributed by atoms with Crippen LogP contribution >= 0.6 is 0 Å². The van der Waals surface area contributed by atoms with Gasteiger partial charge in [0.05, 0.1) is 6.61 Å². The minimum atomic E-state index is -0.756. The lowest BCUT2D eigenvalue weighted by Crippen LogP contribution is -2.05. The first kappa shape index (κ1) is 27.0. The molecule has 0 atom stereocenters. The molecule has 31 heavy (non-hydrogen) atoms. The van der Waals surface area contributed by atoms with Gasteiger partial charge in [0, 0.05) is 12.8 Å². The van der Waals surface area contributed by atoms with Gasteiger partial charge >= 0.3 is 11.9 Å². The number of carboxylic acid groups (broad SMARTS) is 2. The van der Waals surface area contributed by atoms with E-state index in [0.717, 1.165) is 37.9 Å². The van der Waals surface area contributed by atoms with Gasteiger partial charge in [-0.25, -0.2) is 0 Å². The maximum atomic E-state index is 10.8. The Morgan fingerprint density at radius 1 is 0.742 bits per heavy atom. The molecule has 0 amide bonds. The van der Waals surface area contributed by atoms with E-state index in [1.807, 2.05) is 12.1 Å². The molecule has 2 N–H and O–H groups in total. The molecule has 1 rings (SSSR count). The van der Waals surface area contributed by atoms with E-state index in [1.54, 1.807) is 0 Å². The average Bonchev–Trinajstić information content (AvgIpc) is 2.73. The van der Waals surface area contributed by atoms with E-state index >= 15 is 0 Å². The lowest BCUT2D eigenvalue weighted by molar-refractivity contribution is -0.138. The molecule has 176 valence electrons. The Hall–Kier alpha value is -2.04. The number of aryl methyl sites for hydroxylation is 1. The Kier molecular flexibility index (Phi) is 15.3. The van der Waals surface area contributed by atoms with Gasteiger partial charge in [-0.1, -0.05) is 64.0 Å². The van der Waals surface area contributed by atoms with Crippen molar-refractivity contribution in [2.45, 2.75) is 110 Å². The number of rotatable bonds is 20. The molecule has 0 aliphatic rings. The molecule has 5 nitrogen and oxygen atoms in total. The summed E-state index contributed by atoms with van der Waals surface area (Å²) in [7, 11) is 0. The lowest BCUT2D eigenvalue weighted by atomic mass is 9.96. The van der Waals surface area contributed by atoms with Crippen LogP contribution in [0.5, 0.6) is 5.75 Å². The Morgan fingerprint density at radius 3 is 1.94 bits per heavy atom. The highest BCUT2D eigenvalue weighted by molar-refractivity contribution is 5.66. The summed E-state index contributed by atoms with van der Waals surface area (Å²) in [6, 6.07) is 6.12. The van der Waals surface area contributed by atoms with E-state index in [9.17, 15) is 9.59 Å². The van der Waals surface area contributed by atoms with Crippen molar-refractivity contribution in [2.24, 2.45) is 0 Å².